The Morgan fingerprint density at radius 1 is 1.14 bits per heavy atom. The number of hydrogen-bond acceptors (Lipinski definition) is 4. The van der Waals surface area contributed by atoms with Crippen molar-refractivity contribution >= 4 is 11.8 Å². The van der Waals surface area contributed by atoms with Crippen LogP contribution >= 0.6 is 0 Å². The molecule has 1 aliphatic rings. The van der Waals surface area contributed by atoms with E-state index in [9.17, 15) is 8.78 Å². The van der Waals surface area contributed by atoms with Gasteiger partial charge in [-0.25, -0.2) is 4.98 Å². The molecule has 3 rings (SSSR count). The van der Waals surface area contributed by atoms with Crippen molar-refractivity contribution in [3.8, 4) is 5.75 Å². The summed E-state index contributed by atoms with van der Waals surface area (Å²) in [5.41, 5.74) is 1.66. The molecule has 1 fully saturated rings. The van der Waals surface area contributed by atoms with Crippen LogP contribution in [0.25, 0.3) is 0 Å². The van der Waals surface area contributed by atoms with Gasteiger partial charge in [-0.1, -0.05) is 24.3 Å². The van der Waals surface area contributed by atoms with Crippen LogP contribution in [0.4, 0.5) is 14.6 Å². The van der Waals surface area contributed by atoms with Crippen LogP contribution in [0.15, 0.2) is 47.6 Å². The molecule has 0 radical (unpaired) electrons. The number of nitrogens with zero attached hydrogens (tertiary/aromatic N) is 3. The van der Waals surface area contributed by atoms with E-state index in [1.807, 2.05) is 18.3 Å². The lowest BCUT2D eigenvalue weighted by atomic mass is 10.2. The summed E-state index contributed by atoms with van der Waals surface area (Å²) in [6.07, 6.45) is 4.30. The van der Waals surface area contributed by atoms with E-state index in [2.05, 4.69) is 30.2 Å². The lowest BCUT2D eigenvalue weighted by molar-refractivity contribution is -0.0504. The van der Waals surface area contributed by atoms with E-state index in [4.69, 9.17) is 0 Å². The Hall–Kier alpha value is -2.90. The molecule has 1 aromatic carbocycles. The largest absolute Gasteiger partial charge is 0.434 e. The van der Waals surface area contributed by atoms with Crippen LogP contribution in [-0.4, -0.2) is 37.7 Å². The molecule has 6 nitrogen and oxygen atoms in total. The zero-order valence-corrected chi connectivity index (χ0v) is 15.9. The molecule has 1 aliphatic heterocycles. The van der Waals surface area contributed by atoms with E-state index in [0.717, 1.165) is 24.5 Å². The van der Waals surface area contributed by atoms with E-state index in [0.29, 0.717) is 24.6 Å². The summed E-state index contributed by atoms with van der Waals surface area (Å²) in [7, 11) is 1.66. The average molecular weight is 389 g/mol. The molecule has 0 spiro atoms. The standard InChI is InChI=1S/C20H25F2N5O/c1-23-20(26-14-16-6-2-3-7-17(16)28-19(21)22)25-13-15-8-9-18(24-12-15)27-10-4-5-11-27/h2-3,6-9,12,19H,4-5,10-11,13-14H2,1H3,(H2,23,25,26). The van der Waals surface area contributed by atoms with Crippen LogP contribution in [0.1, 0.15) is 24.0 Å². The molecule has 2 N–H and O–H groups in total. The van der Waals surface area contributed by atoms with E-state index in [1.165, 1.54) is 18.9 Å². The second-order valence-corrected chi connectivity index (χ2v) is 6.48. The third kappa shape index (κ3) is 5.55. The van der Waals surface area contributed by atoms with Crippen molar-refractivity contribution < 1.29 is 13.5 Å². The van der Waals surface area contributed by atoms with Crippen molar-refractivity contribution in [1.82, 2.24) is 15.6 Å². The van der Waals surface area contributed by atoms with Crippen LogP contribution in [0, 0.1) is 0 Å². The molecular weight excluding hydrogens is 364 g/mol. The van der Waals surface area contributed by atoms with Crippen molar-refractivity contribution in [2.75, 3.05) is 25.0 Å². The number of aromatic nitrogens is 1. The molecule has 0 atom stereocenters. The van der Waals surface area contributed by atoms with Crippen LogP contribution in [0.3, 0.4) is 0 Å². The molecular formula is C20H25F2N5O. The normalized spacial score (nSPS) is 14.4. The van der Waals surface area contributed by atoms with Gasteiger partial charge in [-0.15, -0.1) is 0 Å². The van der Waals surface area contributed by atoms with E-state index in [1.54, 1.807) is 25.2 Å². The number of anilines is 1. The monoisotopic (exact) mass is 389 g/mol. The average Bonchev–Trinajstić information content (AvgIpc) is 3.24. The number of alkyl halides is 2. The summed E-state index contributed by atoms with van der Waals surface area (Å²) < 4.78 is 29.6. The lowest BCUT2D eigenvalue weighted by Crippen LogP contribution is -2.36. The van der Waals surface area contributed by atoms with Gasteiger partial charge in [0.25, 0.3) is 0 Å². The van der Waals surface area contributed by atoms with Crippen LogP contribution in [0.5, 0.6) is 5.75 Å². The number of ether oxygens (including phenoxy) is 1. The highest BCUT2D eigenvalue weighted by Crippen LogP contribution is 2.20. The summed E-state index contributed by atoms with van der Waals surface area (Å²) in [4.78, 5) is 11.0. The van der Waals surface area contributed by atoms with Crippen LogP contribution in [-0.2, 0) is 13.1 Å². The van der Waals surface area contributed by atoms with Crippen molar-refractivity contribution in [2.24, 2.45) is 4.99 Å². The molecule has 0 unspecified atom stereocenters. The Labute approximate surface area is 163 Å². The molecule has 1 aromatic heterocycles. The molecule has 150 valence electrons. The molecule has 0 bridgehead atoms. The predicted octanol–water partition coefficient (Wildman–Crippen LogP) is 3.15. The van der Waals surface area contributed by atoms with Gasteiger partial charge in [-0.2, -0.15) is 8.78 Å². The number of halogens is 2. The highest BCUT2D eigenvalue weighted by molar-refractivity contribution is 5.79. The predicted molar refractivity (Wildman–Crippen MR) is 106 cm³/mol. The maximum Gasteiger partial charge on any atom is 0.387 e. The number of pyridine rings is 1. The maximum atomic E-state index is 12.5. The van der Waals surface area contributed by atoms with Crippen molar-refractivity contribution in [3.05, 3.63) is 53.7 Å². The van der Waals surface area contributed by atoms with E-state index >= 15 is 0 Å². The second-order valence-electron chi connectivity index (χ2n) is 6.48. The van der Waals surface area contributed by atoms with Gasteiger partial charge in [-0.3, -0.25) is 4.99 Å². The zero-order valence-electron chi connectivity index (χ0n) is 15.9. The number of hydrogen-bond donors (Lipinski definition) is 2. The number of rotatable bonds is 7. The molecule has 8 heteroatoms. The van der Waals surface area contributed by atoms with Crippen molar-refractivity contribution in [3.63, 3.8) is 0 Å². The maximum absolute atomic E-state index is 12.5. The fraction of sp³-hybridized carbons (Fsp3) is 0.400. The Kier molecular flexibility index (Phi) is 7.00. The third-order valence-corrected chi connectivity index (χ3v) is 4.56. The molecule has 2 heterocycles. The van der Waals surface area contributed by atoms with Gasteiger partial charge in [0.15, 0.2) is 5.96 Å². The van der Waals surface area contributed by atoms with Gasteiger partial charge >= 0.3 is 6.61 Å². The quantitative estimate of drug-likeness (QED) is 0.563. The number of aliphatic imine (C=N–C) groups is 1. The Balaban J connectivity index is 1.51. The van der Waals surface area contributed by atoms with Crippen LogP contribution < -0.4 is 20.3 Å². The first-order valence-electron chi connectivity index (χ1n) is 9.33. The summed E-state index contributed by atoms with van der Waals surface area (Å²) in [6, 6.07) is 10.8. The van der Waals surface area contributed by atoms with Gasteiger partial charge < -0.3 is 20.3 Å². The summed E-state index contributed by atoms with van der Waals surface area (Å²) >= 11 is 0. The SMILES string of the molecule is CN=C(NCc1ccc(N2CCCC2)nc1)NCc1ccccc1OC(F)F. The summed E-state index contributed by atoms with van der Waals surface area (Å²) in [6.45, 7) is 0.154. The minimum atomic E-state index is -2.85. The highest BCUT2D eigenvalue weighted by atomic mass is 19.3. The molecule has 28 heavy (non-hydrogen) atoms. The van der Waals surface area contributed by atoms with Crippen molar-refractivity contribution in [2.45, 2.75) is 32.5 Å². The molecule has 1 saturated heterocycles. The Bertz CT molecular complexity index is 776. The van der Waals surface area contributed by atoms with Gasteiger partial charge in [0, 0.05) is 45.0 Å². The summed E-state index contributed by atoms with van der Waals surface area (Å²) in [5, 5.41) is 6.31. The summed E-state index contributed by atoms with van der Waals surface area (Å²) in [5.74, 6) is 1.73. The minimum absolute atomic E-state index is 0.155. The number of guanidine groups is 1. The number of benzene rings is 1. The first-order valence-corrected chi connectivity index (χ1v) is 9.33. The molecule has 2 aromatic rings. The topological polar surface area (TPSA) is 61.8 Å². The Morgan fingerprint density at radius 3 is 2.57 bits per heavy atom. The molecule has 0 amide bonds. The van der Waals surface area contributed by atoms with Crippen LogP contribution in [0.2, 0.25) is 0 Å². The lowest BCUT2D eigenvalue weighted by Gasteiger charge is -2.17. The van der Waals surface area contributed by atoms with E-state index in [-0.39, 0.29) is 5.75 Å². The zero-order chi connectivity index (χ0) is 19.8. The third-order valence-electron chi connectivity index (χ3n) is 4.56. The van der Waals surface area contributed by atoms with Gasteiger partial charge in [0.2, 0.25) is 0 Å². The van der Waals surface area contributed by atoms with Gasteiger partial charge in [0.1, 0.15) is 11.6 Å². The first kappa shape index (κ1) is 19.9. The van der Waals surface area contributed by atoms with Gasteiger partial charge in [-0.05, 0) is 30.5 Å². The highest BCUT2D eigenvalue weighted by Gasteiger charge is 2.13. The first-order chi connectivity index (χ1) is 13.7. The van der Waals surface area contributed by atoms with E-state index < -0.39 is 6.61 Å². The molecule has 0 saturated carbocycles. The fourth-order valence-corrected chi connectivity index (χ4v) is 3.10. The smallest absolute Gasteiger partial charge is 0.387 e. The van der Waals surface area contributed by atoms with Gasteiger partial charge in [0.05, 0.1) is 0 Å². The molecule has 0 aliphatic carbocycles. The Morgan fingerprint density at radius 2 is 1.89 bits per heavy atom. The second kappa shape index (κ2) is 9.87. The van der Waals surface area contributed by atoms with Crippen molar-refractivity contribution in [1.29, 1.82) is 0 Å². The number of para-hydroxylation sites is 1. The number of nitrogens with one attached hydrogen (secondary N) is 2. The minimum Gasteiger partial charge on any atom is -0.434 e. The fourth-order valence-electron chi connectivity index (χ4n) is 3.10.